The van der Waals surface area contributed by atoms with E-state index >= 15 is 0 Å². The molecule has 0 atom stereocenters. The van der Waals surface area contributed by atoms with Crippen LogP contribution in [-0.2, 0) is 6.54 Å². The fraction of sp³-hybridized carbons (Fsp3) is 0.385. The van der Waals surface area contributed by atoms with Crippen LogP contribution < -0.4 is 4.90 Å². The van der Waals surface area contributed by atoms with Gasteiger partial charge in [0, 0.05) is 28.1 Å². The summed E-state index contributed by atoms with van der Waals surface area (Å²) in [5, 5.41) is 8.60. The zero-order valence-electron chi connectivity index (χ0n) is 12.7. The van der Waals surface area contributed by atoms with Crippen molar-refractivity contribution in [1.29, 1.82) is 0 Å². The van der Waals surface area contributed by atoms with Crippen LogP contribution in [0.2, 0.25) is 0 Å². The molecular formula is C13H15N5O2S2. The van der Waals surface area contributed by atoms with Crippen LogP contribution in [0.3, 0.4) is 0 Å². The Morgan fingerprint density at radius 2 is 2.05 bits per heavy atom. The summed E-state index contributed by atoms with van der Waals surface area (Å²) in [4.78, 5) is 22.0. The van der Waals surface area contributed by atoms with Crippen molar-refractivity contribution in [3.05, 3.63) is 22.7 Å². The Kier molecular flexibility index (Phi) is 3.83. The number of anilines is 1. The van der Waals surface area contributed by atoms with Gasteiger partial charge in [-0.2, -0.15) is 0 Å². The van der Waals surface area contributed by atoms with E-state index in [2.05, 4.69) is 15.2 Å². The summed E-state index contributed by atoms with van der Waals surface area (Å²) in [6.45, 7) is 2.02. The molecule has 116 valence electrons. The summed E-state index contributed by atoms with van der Waals surface area (Å²) < 4.78 is 6.32. The van der Waals surface area contributed by atoms with Crippen LogP contribution in [0.15, 0.2) is 10.5 Å². The minimum absolute atomic E-state index is 0.0718. The third-order valence-electron chi connectivity index (χ3n) is 2.96. The largest absolute Gasteiger partial charge is 0.424 e. The number of rotatable bonds is 4. The summed E-state index contributed by atoms with van der Waals surface area (Å²) in [6, 6.07) is 1.89. The maximum absolute atomic E-state index is 12.5. The Hall–Kier alpha value is -2.00. The van der Waals surface area contributed by atoms with E-state index in [1.807, 2.05) is 25.1 Å². The van der Waals surface area contributed by atoms with Crippen molar-refractivity contribution >= 4 is 43.2 Å². The van der Waals surface area contributed by atoms with E-state index in [1.165, 1.54) is 11.3 Å². The van der Waals surface area contributed by atoms with Gasteiger partial charge < -0.3 is 14.2 Å². The van der Waals surface area contributed by atoms with Gasteiger partial charge in [0.1, 0.15) is 4.83 Å². The number of nitrogens with zero attached hydrogens (tertiary/aromatic N) is 5. The molecule has 0 aliphatic rings. The van der Waals surface area contributed by atoms with Crippen LogP contribution in [0.5, 0.6) is 0 Å². The first kappa shape index (κ1) is 14.9. The fourth-order valence-electron chi connectivity index (χ4n) is 1.88. The summed E-state index contributed by atoms with van der Waals surface area (Å²) in [5.74, 6) is 0.852. The molecule has 0 spiro atoms. The number of thiazole rings is 1. The van der Waals surface area contributed by atoms with Crippen molar-refractivity contribution in [2.75, 3.05) is 26.0 Å². The Labute approximate surface area is 135 Å². The summed E-state index contributed by atoms with van der Waals surface area (Å²) in [5.41, 5.74) is 0. The van der Waals surface area contributed by atoms with Crippen LogP contribution in [0.25, 0.3) is 9.53 Å². The molecular weight excluding hydrogens is 322 g/mol. The van der Waals surface area contributed by atoms with E-state index < -0.39 is 0 Å². The number of carbonyl (C=O) groups excluding carboxylic acids is 1. The molecule has 7 nitrogen and oxygen atoms in total. The highest BCUT2D eigenvalue weighted by Gasteiger charge is 2.19. The van der Waals surface area contributed by atoms with Gasteiger partial charge in [-0.15, -0.1) is 21.5 Å². The van der Waals surface area contributed by atoms with Crippen molar-refractivity contribution in [1.82, 2.24) is 20.1 Å². The van der Waals surface area contributed by atoms with Crippen LogP contribution in [0, 0.1) is 6.92 Å². The molecule has 0 fully saturated rings. The molecule has 0 bridgehead atoms. The first-order valence-electron chi connectivity index (χ1n) is 6.56. The minimum atomic E-state index is -0.0718. The lowest BCUT2D eigenvalue weighted by Gasteiger charge is -2.13. The number of amides is 1. The standard InChI is InChI=1S/C13H15N5O2S2/c1-7-15-16-10(20-7)6-18(4)12(19)9-5-8-11(21-9)14-13(22-8)17(2)3/h5H,6H2,1-4H3. The molecule has 0 unspecified atom stereocenters. The third-order valence-corrected chi connectivity index (χ3v) is 5.27. The molecule has 0 saturated heterocycles. The van der Waals surface area contributed by atoms with Gasteiger partial charge in [-0.3, -0.25) is 4.79 Å². The SMILES string of the molecule is Cc1nnc(CN(C)C(=O)c2cc3sc(N(C)C)nc3s2)o1. The van der Waals surface area contributed by atoms with Crippen LogP contribution in [0.1, 0.15) is 21.5 Å². The molecule has 0 N–H and O–H groups in total. The van der Waals surface area contributed by atoms with Gasteiger partial charge in [-0.25, -0.2) is 4.98 Å². The second kappa shape index (κ2) is 5.65. The second-order valence-electron chi connectivity index (χ2n) is 5.05. The molecule has 3 rings (SSSR count). The number of fused-ring (bicyclic) bond motifs is 1. The van der Waals surface area contributed by atoms with Crippen LogP contribution in [0.4, 0.5) is 5.13 Å². The molecule has 3 heterocycles. The fourth-order valence-corrected chi connectivity index (χ4v) is 4.01. The lowest BCUT2D eigenvalue weighted by atomic mass is 10.4. The first-order chi connectivity index (χ1) is 10.4. The zero-order valence-corrected chi connectivity index (χ0v) is 14.3. The highest BCUT2D eigenvalue weighted by molar-refractivity contribution is 7.29. The summed E-state index contributed by atoms with van der Waals surface area (Å²) in [7, 11) is 5.62. The number of carbonyl (C=O) groups is 1. The van der Waals surface area contributed by atoms with Gasteiger partial charge >= 0.3 is 0 Å². The van der Waals surface area contributed by atoms with Crippen molar-refractivity contribution in [2.45, 2.75) is 13.5 Å². The van der Waals surface area contributed by atoms with Gasteiger partial charge in [-0.1, -0.05) is 11.3 Å². The molecule has 3 aromatic heterocycles. The summed E-state index contributed by atoms with van der Waals surface area (Å²) in [6.07, 6.45) is 0. The van der Waals surface area contributed by atoms with Gasteiger partial charge in [0.25, 0.3) is 5.91 Å². The quantitative estimate of drug-likeness (QED) is 0.727. The Morgan fingerprint density at radius 3 is 2.64 bits per heavy atom. The van der Waals surface area contributed by atoms with E-state index in [-0.39, 0.29) is 5.91 Å². The van der Waals surface area contributed by atoms with Crippen molar-refractivity contribution in [2.24, 2.45) is 0 Å². The number of thiophene rings is 1. The van der Waals surface area contributed by atoms with E-state index in [1.54, 1.807) is 30.2 Å². The van der Waals surface area contributed by atoms with Crippen LogP contribution >= 0.6 is 22.7 Å². The van der Waals surface area contributed by atoms with Crippen molar-refractivity contribution < 1.29 is 9.21 Å². The third kappa shape index (κ3) is 2.81. The molecule has 0 aromatic carbocycles. The van der Waals surface area contributed by atoms with E-state index in [9.17, 15) is 4.79 Å². The van der Waals surface area contributed by atoms with Gasteiger partial charge in [0.2, 0.25) is 11.8 Å². The maximum Gasteiger partial charge on any atom is 0.264 e. The van der Waals surface area contributed by atoms with Crippen molar-refractivity contribution in [3.8, 4) is 0 Å². The molecule has 0 saturated carbocycles. The topological polar surface area (TPSA) is 75.4 Å². The molecule has 0 radical (unpaired) electrons. The first-order valence-corrected chi connectivity index (χ1v) is 8.19. The van der Waals surface area contributed by atoms with Gasteiger partial charge in [0.15, 0.2) is 5.13 Å². The summed E-state index contributed by atoms with van der Waals surface area (Å²) >= 11 is 2.98. The highest BCUT2D eigenvalue weighted by Crippen LogP contribution is 2.34. The predicted octanol–water partition coefficient (Wildman–Crippen LogP) is 2.39. The number of aromatic nitrogens is 3. The Bertz CT molecular complexity index is 788. The van der Waals surface area contributed by atoms with E-state index in [4.69, 9.17) is 4.42 Å². The second-order valence-corrected chi connectivity index (χ2v) is 7.09. The molecule has 9 heteroatoms. The number of hydrogen-bond donors (Lipinski definition) is 0. The molecule has 0 aliphatic heterocycles. The molecule has 3 aromatic rings. The number of hydrogen-bond acceptors (Lipinski definition) is 8. The smallest absolute Gasteiger partial charge is 0.264 e. The number of aryl methyl sites for hydroxylation is 1. The van der Waals surface area contributed by atoms with Gasteiger partial charge in [0.05, 0.1) is 16.1 Å². The minimum Gasteiger partial charge on any atom is -0.424 e. The zero-order chi connectivity index (χ0) is 15.9. The normalized spacial score (nSPS) is 11.1. The molecule has 1 amide bonds. The predicted molar refractivity (Wildman–Crippen MR) is 86.7 cm³/mol. The van der Waals surface area contributed by atoms with Crippen LogP contribution in [-0.4, -0.2) is 47.1 Å². The van der Waals surface area contributed by atoms with E-state index in [0.29, 0.717) is 23.2 Å². The van der Waals surface area contributed by atoms with Gasteiger partial charge in [-0.05, 0) is 6.07 Å². The highest BCUT2D eigenvalue weighted by atomic mass is 32.1. The lowest BCUT2D eigenvalue weighted by Crippen LogP contribution is -2.25. The molecule has 0 aliphatic carbocycles. The lowest BCUT2D eigenvalue weighted by molar-refractivity contribution is 0.0777. The Balaban J connectivity index is 1.77. The average molecular weight is 337 g/mol. The monoisotopic (exact) mass is 337 g/mol. The average Bonchev–Trinajstić information content (AvgIpc) is 3.11. The maximum atomic E-state index is 12.5. The molecule has 22 heavy (non-hydrogen) atoms. The van der Waals surface area contributed by atoms with E-state index in [0.717, 1.165) is 14.7 Å². The Morgan fingerprint density at radius 1 is 1.27 bits per heavy atom. The van der Waals surface area contributed by atoms with Crippen molar-refractivity contribution in [3.63, 3.8) is 0 Å².